The van der Waals surface area contributed by atoms with E-state index in [1.165, 1.54) is 11.1 Å². The van der Waals surface area contributed by atoms with Crippen molar-refractivity contribution in [2.24, 2.45) is 5.73 Å². The van der Waals surface area contributed by atoms with Crippen LogP contribution in [0, 0.1) is 6.92 Å². The monoisotopic (exact) mass is 289 g/mol. The summed E-state index contributed by atoms with van der Waals surface area (Å²) in [6.07, 6.45) is 1.37. The lowest BCUT2D eigenvalue weighted by molar-refractivity contribution is 0.0759. The number of fused-ring (bicyclic) bond motifs is 1. The fraction of sp³-hybridized carbons (Fsp3) is 0.647. The molecule has 4 heteroatoms. The van der Waals surface area contributed by atoms with Gasteiger partial charge in [-0.2, -0.15) is 0 Å². The first-order valence-electron chi connectivity index (χ1n) is 8.08. The predicted molar refractivity (Wildman–Crippen MR) is 85.8 cm³/mol. The Bertz CT molecular complexity index is 483. The van der Waals surface area contributed by atoms with Crippen molar-refractivity contribution in [2.75, 3.05) is 39.3 Å². The van der Waals surface area contributed by atoms with E-state index in [2.05, 4.69) is 41.8 Å². The minimum atomic E-state index is 0.320. The number of benzene rings is 1. The Morgan fingerprint density at radius 1 is 1.29 bits per heavy atom. The molecule has 116 valence electrons. The van der Waals surface area contributed by atoms with E-state index in [1.807, 2.05) is 0 Å². The first kappa shape index (κ1) is 14.8. The topological polar surface area (TPSA) is 41.7 Å². The van der Waals surface area contributed by atoms with Gasteiger partial charge in [0.2, 0.25) is 0 Å². The maximum Gasteiger partial charge on any atom is 0.123 e. The molecule has 0 aromatic heterocycles. The van der Waals surface area contributed by atoms with Crippen LogP contribution < -0.4 is 10.5 Å². The summed E-state index contributed by atoms with van der Waals surface area (Å²) in [7, 11) is 0. The highest BCUT2D eigenvalue weighted by Gasteiger charge is 2.27. The Labute approximate surface area is 127 Å². The zero-order chi connectivity index (χ0) is 14.8. The summed E-state index contributed by atoms with van der Waals surface area (Å²) in [5, 5.41) is 0. The van der Waals surface area contributed by atoms with Crippen LogP contribution in [0.2, 0.25) is 0 Å². The van der Waals surface area contributed by atoms with Gasteiger partial charge in [-0.1, -0.05) is 17.7 Å². The van der Waals surface area contributed by atoms with Crippen LogP contribution in [-0.4, -0.2) is 61.2 Å². The molecule has 1 aromatic carbocycles. The van der Waals surface area contributed by atoms with E-state index in [0.29, 0.717) is 12.1 Å². The van der Waals surface area contributed by atoms with Gasteiger partial charge in [0, 0.05) is 51.7 Å². The molecule has 3 rings (SSSR count). The molecule has 2 N–H and O–H groups in total. The van der Waals surface area contributed by atoms with E-state index in [0.717, 1.165) is 51.4 Å². The van der Waals surface area contributed by atoms with Gasteiger partial charge in [-0.3, -0.25) is 9.80 Å². The minimum absolute atomic E-state index is 0.320. The fourth-order valence-electron chi connectivity index (χ4n) is 3.37. The number of rotatable bonds is 4. The molecule has 2 heterocycles. The summed E-state index contributed by atoms with van der Waals surface area (Å²) in [6, 6.07) is 7.01. The smallest absolute Gasteiger partial charge is 0.123 e. The lowest BCUT2D eigenvalue weighted by Crippen LogP contribution is -2.52. The van der Waals surface area contributed by atoms with E-state index >= 15 is 0 Å². The fourth-order valence-corrected chi connectivity index (χ4v) is 3.37. The molecule has 0 amide bonds. The Morgan fingerprint density at radius 2 is 2.05 bits per heavy atom. The number of ether oxygens (including phenoxy) is 1. The second-order valence-corrected chi connectivity index (χ2v) is 6.48. The maximum absolute atomic E-state index is 6.08. The van der Waals surface area contributed by atoms with Crippen molar-refractivity contribution >= 4 is 0 Å². The minimum Gasteiger partial charge on any atom is -0.488 e. The third kappa shape index (κ3) is 3.39. The summed E-state index contributed by atoms with van der Waals surface area (Å²) in [5.74, 6) is 1.08. The first-order chi connectivity index (χ1) is 10.2. The first-order valence-corrected chi connectivity index (χ1v) is 8.08. The van der Waals surface area contributed by atoms with Gasteiger partial charge in [0.05, 0.1) is 0 Å². The molecule has 2 aliphatic heterocycles. The maximum atomic E-state index is 6.08. The van der Waals surface area contributed by atoms with Crippen LogP contribution >= 0.6 is 0 Å². The zero-order valence-corrected chi connectivity index (χ0v) is 13.2. The van der Waals surface area contributed by atoms with Crippen molar-refractivity contribution in [3.8, 4) is 5.75 Å². The third-order valence-corrected chi connectivity index (χ3v) is 4.79. The van der Waals surface area contributed by atoms with Crippen molar-refractivity contribution in [3.63, 3.8) is 0 Å². The largest absolute Gasteiger partial charge is 0.488 e. The number of nitrogens with two attached hydrogens (primary N) is 1. The standard InChI is InChI=1S/C17H27N3O/c1-13-3-4-17-15(9-13)10-16(21-17)12-19-5-7-20(8-6-19)14(2)11-18/h3-4,9,14,16H,5-8,10-12,18H2,1-2H3. The lowest BCUT2D eigenvalue weighted by Gasteiger charge is -2.38. The number of aryl methyl sites for hydroxylation is 1. The summed E-state index contributed by atoms with van der Waals surface area (Å²) >= 11 is 0. The van der Waals surface area contributed by atoms with Gasteiger partial charge in [-0.25, -0.2) is 0 Å². The van der Waals surface area contributed by atoms with E-state index < -0.39 is 0 Å². The van der Waals surface area contributed by atoms with Crippen molar-refractivity contribution in [1.29, 1.82) is 0 Å². The molecule has 2 atom stereocenters. The average molecular weight is 289 g/mol. The number of hydrogen-bond donors (Lipinski definition) is 1. The van der Waals surface area contributed by atoms with Crippen molar-refractivity contribution in [1.82, 2.24) is 9.80 Å². The number of hydrogen-bond acceptors (Lipinski definition) is 4. The Morgan fingerprint density at radius 3 is 2.76 bits per heavy atom. The van der Waals surface area contributed by atoms with Gasteiger partial charge in [-0.05, 0) is 25.5 Å². The molecule has 0 radical (unpaired) electrons. The second kappa shape index (κ2) is 6.34. The van der Waals surface area contributed by atoms with Gasteiger partial charge in [0.1, 0.15) is 11.9 Å². The van der Waals surface area contributed by atoms with E-state index in [-0.39, 0.29) is 0 Å². The van der Waals surface area contributed by atoms with Crippen LogP contribution in [0.4, 0.5) is 0 Å². The van der Waals surface area contributed by atoms with Gasteiger partial charge >= 0.3 is 0 Å². The number of piperazine rings is 1. The summed E-state index contributed by atoms with van der Waals surface area (Å²) < 4.78 is 6.08. The second-order valence-electron chi connectivity index (χ2n) is 6.48. The highest BCUT2D eigenvalue weighted by atomic mass is 16.5. The van der Waals surface area contributed by atoms with Crippen molar-refractivity contribution in [3.05, 3.63) is 29.3 Å². The van der Waals surface area contributed by atoms with Gasteiger partial charge in [0.15, 0.2) is 0 Å². The van der Waals surface area contributed by atoms with Gasteiger partial charge in [0.25, 0.3) is 0 Å². The molecule has 2 unspecified atom stereocenters. The van der Waals surface area contributed by atoms with Crippen LogP contribution in [0.1, 0.15) is 18.1 Å². The van der Waals surface area contributed by atoms with Gasteiger partial charge < -0.3 is 10.5 Å². The average Bonchev–Trinajstić information content (AvgIpc) is 2.88. The normalized spacial score (nSPS) is 24.6. The molecule has 1 fully saturated rings. The third-order valence-electron chi connectivity index (χ3n) is 4.79. The molecule has 2 aliphatic rings. The Hall–Kier alpha value is -1.10. The summed E-state index contributed by atoms with van der Waals surface area (Å²) in [4.78, 5) is 5.02. The highest BCUT2D eigenvalue weighted by molar-refractivity contribution is 5.40. The van der Waals surface area contributed by atoms with E-state index in [1.54, 1.807) is 0 Å². The van der Waals surface area contributed by atoms with Crippen LogP contribution in [0.5, 0.6) is 5.75 Å². The van der Waals surface area contributed by atoms with Crippen LogP contribution in [0.3, 0.4) is 0 Å². The van der Waals surface area contributed by atoms with Gasteiger partial charge in [-0.15, -0.1) is 0 Å². The molecule has 1 saturated heterocycles. The van der Waals surface area contributed by atoms with Crippen molar-refractivity contribution in [2.45, 2.75) is 32.4 Å². The molecular weight excluding hydrogens is 262 g/mol. The molecule has 0 saturated carbocycles. The molecule has 0 spiro atoms. The number of nitrogens with zero attached hydrogens (tertiary/aromatic N) is 2. The molecule has 0 bridgehead atoms. The molecule has 1 aromatic rings. The van der Waals surface area contributed by atoms with Crippen LogP contribution in [0.15, 0.2) is 18.2 Å². The van der Waals surface area contributed by atoms with Crippen molar-refractivity contribution < 1.29 is 4.74 Å². The predicted octanol–water partition coefficient (Wildman–Crippen LogP) is 1.26. The summed E-state index contributed by atoms with van der Waals surface area (Å²) in [6.45, 7) is 10.6. The Kier molecular flexibility index (Phi) is 4.48. The zero-order valence-electron chi connectivity index (χ0n) is 13.2. The van der Waals surface area contributed by atoms with E-state index in [4.69, 9.17) is 10.5 Å². The molecule has 4 nitrogen and oxygen atoms in total. The molecular formula is C17H27N3O. The highest BCUT2D eigenvalue weighted by Crippen LogP contribution is 2.29. The lowest BCUT2D eigenvalue weighted by atomic mass is 10.1. The Balaban J connectivity index is 1.49. The van der Waals surface area contributed by atoms with Crippen LogP contribution in [0.25, 0.3) is 0 Å². The molecule has 21 heavy (non-hydrogen) atoms. The summed E-state index contributed by atoms with van der Waals surface area (Å²) in [5.41, 5.74) is 8.45. The van der Waals surface area contributed by atoms with E-state index in [9.17, 15) is 0 Å². The quantitative estimate of drug-likeness (QED) is 0.906. The SMILES string of the molecule is Cc1ccc2c(c1)CC(CN1CCN(C(C)CN)CC1)O2. The molecule has 0 aliphatic carbocycles. The van der Waals surface area contributed by atoms with Crippen LogP contribution in [-0.2, 0) is 6.42 Å².